The molecule has 2 aromatic heterocycles. The zero-order valence-corrected chi connectivity index (χ0v) is 17.4. The molecule has 0 saturated carbocycles. The molecule has 0 aliphatic carbocycles. The summed E-state index contributed by atoms with van der Waals surface area (Å²) in [4.78, 5) is 25.5. The van der Waals surface area contributed by atoms with Crippen molar-refractivity contribution in [3.8, 4) is 17.8 Å². The summed E-state index contributed by atoms with van der Waals surface area (Å²) in [7, 11) is 0. The quantitative estimate of drug-likeness (QED) is 0.403. The van der Waals surface area contributed by atoms with Gasteiger partial charge in [0.15, 0.2) is 5.82 Å². The number of nitriles is 2. The zero-order valence-electron chi connectivity index (χ0n) is 17.4. The van der Waals surface area contributed by atoms with Crippen LogP contribution < -0.4 is 22.3 Å². The predicted octanol–water partition coefficient (Wildman–Crippen LogP) is 2.02. The van der Waals surface area contributed by atoms with E-state index in [4.69, 9.17) is 11.5 Å². The first-order chi connectivity index (χ1) is 16.3. The van der Waals surface area contributed by atoms with E-state index in [0.29, 0.717) is 6.07 Å². The van der Waals surface area contributed by atoms with E-state index in [1.807, 2.05) is 12.1 Å². The molecule has 0 atom stereocenters. The molecule has 4 aromatic rings. The van der Waals surface area contributed by atoms with Crippen LogP contribution in [0.5, 0.6) is 0 Å². The van der Waals surface area contributed by atoms with Gasteiger partial charge < -0.3 is 16.8 Å². The highest BCUT2D eigenvalue weighted by Crippen LogP contribution is 2.20. The number of halogens is 2. The van der Waals surface area contributed by atoms with Crippen LogP contribution in [-0.4, -0.2) is 26.1 Å². The molecule has 4 rings (SSSR count). The van der Waals surface area contributed by atoms with Crippen LogP contribution in [0.25, 0.3) is 16.6 Å². The maximum absolute atomic E-state index is 14.0. The Hall–Kier alpha value is -5.10. The number of nitrogens with two attached hydrogens (primary N) is 2. The molecule has 0 bridgehead atoms. The van der Waals surface area contributed by atoms with Crippen molar-refractivity contribution in [2.75, 3.05) is 23.3 Å². The van der Waals surface area contributed by atoms with Crippen LogP contribution in [0.2, 0.25) is 0 Å². The molecule has 12 heteroatoms. The molecule has 0 amide bonds. The molecule has 0 aliphatic rings. The van der Waals surface area contributed by atoms with Crippen LogP contribution in [0.1, 0.15) is 17.0 Å². The average molecular weight is 459 g/mol. The third-order valence-electron chi connectivity index (χ3n) is 4.90. The SMILES string of the molecule is N#Cc1c(N)nc(N)nc1NCCc1nc2cccc(C#N)c2c(=O)n1-c1cc(F)cc(F)c1. The van der Waals surface area contributed by atoms with E-state index >= 15 is 0 Å². The number of hydrogen-bond donors (Lipinski definition) is 3. The van der Waals surface area contributed by atoms with Crippen LogP contribution in [0.15, 0.2) is 41.2 Å². The molecule has 34 heavy (non-hydrogen) atoms. The molecule has 0 fully saturated rings. The summed E-state index contributed by atoms with van der Waals surface area (Å²) in [6, 6.07) is 11.1. The third kappa shape index (κ3) is 4.03. The standard InChI is InChI=1S/C22H15F2N9O/c23-12-6-13(24)8-14(7-12)33-17(30-16-3-1-2-11(9-25)18(16)21(33)34)4-5-29-20-15(10-26)19(27)31-22(28)32-20/h1-3,6-8H,4-5H2,(H5,27,28,29,31,32). The van der Waals surface area contributed by atoms with Crippen molar-refractivity contribution in [1.29, 1.82) is 10.5 Å². The van der Waals surface area contributed by atoms with Crippen molar-refractivity contribution in [3.63, 3.8) is 0 Å². The highest BCUT2D eigenvalue weighted by molar-refractivity contribution is 5.84. The zero-order chi connectivity index (χ0) is 24.4. The Kier molecular flexibility index (Phi) is 5.72. The van der Waals surface area contributed by atoms with Crippen LogP contribution >= 0.6 is 0 Å². The highest BCUT2D eigenvalue weighted by Gasteiger charge is 2.17. The van der Waals surface area contributed by atoms with Gasteiger partial charge in [0.2, 0.25) is 5.95 Å². The fraction of sp³-hybridized carbons (Fsp3) is 0.0909. The van der Waals surface area contributed by atoms with Gasteiger partial charge >= 0.3 is 0 Å². The fourth-order valence-corrected chi connectivity index (χ4v) is 3.50. The number of nitrogens with zero attached hydrogens (tertiary/aromatic N) is 6. The molecule has 10 nitrogen and oxygen atoms in total. The summed E-state index contributed by atoms with van der Waals surface area (Å²) in [6.45, 7) is 0.0955. The third-order valence-corrected chi connectivity index (χ3v) is 4.90. The molecule has 168 valence electrons. The molecule has 2 aromatic carbocycles. The second kappa shape index (κ2) is 8.80. The van der Waals surface area contributed by atoms with Crippen molar-refractivity contribution in [3.05, 3.63) is 75.3 Å². The van der Waals surface area contributed by atoms with Gasteiger partial charge in [0.25, 0.3) is 5.56 Å². The minimum atomic E-state index is -0.884. The first-order valence-corrected chi connectivity index (χ1v) is 9.80. The van der Waals surface area contributed by atoms with Gasteiger partial charge in [0.05, 0.1) is 22.2 Å². The maximum atomic E-state index is 14.0. The number of aromatic nitrogens is 4. The number of rotatable bonds is 5. The van der Waals surface area contributed by atoms with E-state index in [0.717, 1.165) is 16.7 Å². The Morgan fingerprint density at radius 2 is 1.76 bits per heavy atom. The van der Waals surface area contributed by atoms with Crippen molar-refractivity contribution in [1.82, 2.24) is 19.5 Å². The van der Waals surface area contributed by atoms with Crippen LogP contribution in [0.3, 0.4) is 0 Å². The minimum Gasteiger partial charge on any atom is -0.382 e. The van der Waals surface area contributed by atoms with E-state index in [1.54, 1.807) is 12.1 Å². The van der Waals surface area contributed by atoms with E-state index in [-0.39, 0.29) is 64.1 Å². The second-order valence-corrected chi connectivity index (χ2v) is 7.09. The number of nitrogens with one attached hydrogen (secondary N) is 1. The Morgan fingerprint density at radius 1 is 1.03 bits per heavy atom. The molecule has 0 aliphatic heterocycles. The normalized spacial score (nSPS) is 10.6. The monoisotopic (exact) mass is 459 g/mol. The van der Waals surface area contributed by atoms with Crippen molar-refractivity contribution < 1.29 is 8.78 Å². The molecule has 0 radical (unpaired) electrons. The van der Waals surface area contributed by atoms with Crippen LogP contribution in [0, 0.1) is 34.3 Å². The number of hydrogen-bond acceptors (Lipinski definition) is 9. The topological polar surface area (TPSA) is 172 Å². The highest BCUT2D eigenvalue weighted by atomic mass is 19.1. The van der Waals surface area contributed by atoms with Crippen molar-refractivity contribution in [2.24, 2.45) is 0 Å². The first-order valence-electron chi connectivity index (χ1n) is 9.80. The Labute approximate surface area is 190 Å². The van der Waals surface area contributed by atoms with E-state index < -0.39 is 17.2 Å². The lowest BCUT2D eigenvalue weighted by atomic mass is 10.1. The Morgan fingerprint density at radius 3 is 2.44 bits per heavy atom. The summed E-state index contributed by atoms with van der Waals surface area (Å²) in [5.41, 5.74) is 10.9. The van der Waals surface area contributed by atoms with Gasteiger partial charge in [0, 0.05) is 19.0 Å². The largest absolute Gasteiger partial charge is 0.382 e. The summed E-state index contributed by atoms with van der Waals surface area (Å²) >= 11 is 0. The summed E-state index contributed by atoms with van der Waals surface area (Å²) in [5, 5.41) is 21.7. The lowest BCUT2D eigenvalue weighted by Crippen LogP contribution is -2.26. The van der Waals surface area contributed by atoms with Gasteiger partial charge in [-0.05, 0) is 24.3 Å². The smallest absolute Gasteiger partial charge is 0.267 e. The number of benzene rings is 2. The second-order valence-electron chi connectivity index (χ2n) is 7.09. The first kappa shape index (κ1) is 22.1. The molecule has 5 N–H and O–H groups in total. The van der Waals surface area contributed by atoms with Crippen LogP contribution in [-0.2, 0) is 6.42 Å². The number of anilines is 3. The van der Waals surface area contributed by atoms with E-state index in [1.165, 1.54) is 6.07 Å². The van der Waals surface area contributed by atoms with Crippen molar-refractivity contribution in [2.45, 2.75) is 6.42 Å². The minimum absolute atomic E-state index is 0.0103. The van der Waals surface area contributed by atoms with E-state index in [9.17, 15) is 24.1 Å². The Balaban J connectivity index is 1.82. The van der Waals surface area contributed by atoms with Gasteiger partial charge in [0.1, 0.15) is 41.0 Å². The molecular weight excluding hydrogens is 444 g/mol. The molecule has 0 saturated heterocycles. The average Bonchev–Trinajstić information content (AvgIpc) is 2.77. The van der Waals surface area contributed by atoms with Gasteiger partial charge in [-0.3, -0.25) is 9.36 Å². The molecule has 2 heterocycles. The maximum Gasteiger partial charge on any atom is 0.267 e. The predicted molar refractivity (Wildman–Crippen MR) is 120 cm³/mol. The lowest BCUT2D eigenvalue weighted by molar-refractivity contribution is 0.580. The lowest BCUT2D eigenvalue weighted by Gasteiger charge is -2.15. The summed E-state index contributed by atoms with van der Waals surface area (Å²) < 4.78 is 29.0. The van der Waals surface area contributed by atoms with Crippen LogP contribution in [0.4, 0.5) is 26.4 Å². The molecule has 0 spiro atoms. The fourth-order valence-electron chi connectivity index (χ4n) is 3.50. The number of nitrogen functional groups attached to an aromatic ring is 2. The van der Waals surface area contributed by atoms with Gasteiger partial charge in [-0.25, -0.2) is 13.8 Å². The Bertz CT molecular complexity index is 1560. The molecular formula is C22H15F2N9O. The summed E-state index contributed by atoms with van der Waals surface area (Å²) in [6.07, 6.45) is 0.0643. The molecule has 0 unspecified atom stereocenters. The van der Waals surface area contributed by atoms with Gasteiger partial charge in [-0.2, -0.15) is 20.5 Å². The van der Waals surface area contributed by atoms with Gasteiger partial charge in [-0.15, -0.1) is 0 Å². The van der Waals surface area contributed by atoms with E-state index in [2.05, 4.69) is 20.3 Å². The van der Waals surface area contributed by atoms with Gasteiger partial charge in [-0.1, -0.05) is 6.07 Å². The summed E-state index contributed by atoms with van der Waals surface area (Å²) in [5.74, 6) is -1.77. The van der Waals surface area contributed by atoms with Crippen molar-refractivity contribution >= 4 is 28.5 Å². The number of fused-ring (bicyclic) bond motifs is 1.